The van der Waals surface area contributed by atoms with Gasteiger partial charge in [0.05, 0.1) is 0 Å². The molecular weight excluding hydrogens is 484 g/mol. The zero-order valence-corrected chi connectivity index (χ0v) is 20.6. The normalized spacial score (nSPS) is 11.1. The molecule has 4 aromatic rings. The van der Waals surface area contributed by atoms with Gasteiger partial charge in [0, 0.05) is 11.3 Å². The van der Waals surface area contributed by atoms with Crippen LogP contribution in [0.4, 0.5) is 5.69 Å². The van der Waals surface area contributed by atoms with Crippen molar-refractivity contribution in [1.29, 1.82) is 0 Å². The summed E-state index contributed by atoms with van der Waals surface area (Å²) in [5.41, 5.74) is 0.870. The van der Waals surface area contributed by atoms with E-state index in [0.29, 0.717) is 34.2 Å². The Morgan fingerprint density at radius 2 is 1.13 bits per heavy atom. The number of hydrogen-bond donors (Lipinski definition) is 2. The average molecular weight is 511 g/mol. The van der Waals surface area contributed by atoms with Crippen molar-refractivity contribution in [1.82, 2.24) is 5.32 Å². The molecule has 0 aromatic heterocycles. The minimum absolute atomic E-state index is 0.351. The number of ether oxygens (including phenoxy) is 3. The Hall–Kier alpha value is -5.11. The molecule has 0 fully saturated rings. The molecule has 0 bridgehead atoms. The van der Waals surface area contributed by atoms with Crippen molar-refractivity contribution < 1.29 is 28.6 Å². The highest BCUT2D eigenvalue weighted by atomic mass is 16.5. The van der Waals surface area contributed by atoms with E-state index in [2.05, 4.69) is 10.6 Å². The summed E-state index contributed by atoms with van der Waals surface area (Å²) in [5, 5.41) is 5.17. The molecule has 0 radical (unpaired) electrons. The zero-order valence-electron chi connectivity index (χ0n) is 20.6. The van der Waals surface area contributed by atoms with E-state index in [0.717, 1.165) is 0 Å². The predicted octanol–water partition coefficient (Wildman–Crippen LogP) is 5.57. The van der Waals surface area contributed by atoms with Crippen LogP contribution >= 0.6 is 0 Å². The Bertz CT molecular complexity index is 1360. The van der Waals surface area contributed by atoms with E-state index < -0.39 is 23.9 Å². The molecular formula is C30H26N2O6. The lowest BCUT2D eigenvalue weighted by Crippen LogP contribution is -2.35. The topological polar surface area (TPSA) is 103 Å². The van der Waals surface area contributed by atoms with Gasteiger partial charge < -0.3 is 24.8 Å². The van der Waals surface area contributed by atoms with E-state index in [1.807, 2.05) is 60.7 Å². The summed E-state index contributed by atoms with van der Waals surface area (Å²) in [6.45, 7) is 1.07. The fraction of sp³-hybridized carbons (Fsp3) is 0.100. The molecule has 0 aliphatic carbocycles. The maximum absolute atomic E-state index is 12.4. The van der Waals surface area contributed by atoms with Crippen molar-refractivity contribution in [2.45, 2.75) is 13.0 Å². The van der Waals surface area contributed by atoms with Crippen LogP contribution in [0.2, 0.25) is 0 Å². The molecule has 0 saturated carbocycles. The van der Waals surface area contributed by atoms with Crippen LogP contribution in [-0.4, -0.2) is 30.4 Å². The van der Waals surface area contributed by atoms with Crippen LogP contribution in [0, 0.1) is 0 Å². The van der Waals surface area contributed by atoms with Crippen molar-refractivity contribution in [2.75, 3.05) is 11.9 Å². The summed E-state index contributed by atoms with van der Waals surface area (Å²) in [6, 6.07) is 31.9. The molecule has 0 aliphatic rings. The lowest BCUT2D eigenvalue weighted by Gasteiger charge is -2.14. The minimum atomic E-state index is -1.06. The fourth-order valence-electron chi connectivity index (χ4n) is 3.32. The average Bonchev–Trinajstić information content (AvgIpc) is 2.94. The standard InChI is InChI=1S/C30H26N2O6/c1-21(29(34)32-23-14-18-27(19-15-23)38-25-10-6-3-7-11-25)36-28(33)20-31-30(35)22-12-16-26(17-13-22)37-24-8-4-2-5-9-24/h2-19,21H,20H2,1H3,(H,31,35)(H,32,34)/t21-/m0/s1. The number of hydrogen-bond acceptors (Lipinski definition) is 6. The highest BCUT2D eigenvalue weighted by molar-refractivity contribution is 5.97. The van der Waals surface area contributed by atoms with E-state index in [9.17, 15) is 14.4 Å². The summed E-state index contributed by atoms with van der Waals surface area (Å²) >= 11 is 0. The lowest BCUT2D eigenvalue weighted by molar-refractivity contribution is -0.152. The molecule has 38 heavy (non-hydrogen) atoms. The van der Waals surface area contributed by atoms with E-state index in [1.54, 1.807) is 48.5 Å². The second-order valence-electron chi connectivity index (χ2n) is 8.18. The number of carbonyl (C=O) groups is 3. The number of nitrogens with one attached hydrogen (secondary N) is 2. The van der Waals surface area contributed by atoms with Gasteiger partial charge in [0.15, 0.2) is 6.10 Å². The van der Waals surface area contributed by atoms with E-state index in [-0.39, 0.29) is 6.54 Å². The Morgan fingerprint density at radius 1 is 0.658 bits per heavy atom. The summed E-state index contributed by atoms with van der Waals surface area (Å²) in [7, 11) is 0. The highest BCUT2D eigenvalue weighted by Gasteiger charge is 2.19. The maximum atomic E-state index is 12.4. The number of benzene rings is 4. The summed E-state index contributed by atoms with van der Waals surface area (Å²) < 4.78 is 16.6. The van der Waals surface area contributed by atoms with Gasteiger partial charge in [-0.25, -0.2) is 0 Å². The molecule has 2 amide bonds. The monoisotopic (exact) mass is 510 g/mol. The third-order valence-corrected chi connectivity index (χ3v) is 5.27. The maximum Gasteiger partial charge on any atom is 0.326 e. The second kappa shape index (κ2) is 12.7. The van der Waals surface area contributed by atoms with Crippen LogP contribution in [0.3, 0.4) is 0 Å². The molecule has 4 aromatic carbocycles. The number of rotatable bonds is 10. The van der Waals surface area contributed by atoms with Crippen molar-refractivity contribution in [2.24, 2.45) is 0 Å². The third kappa shape index (κ3) is 7.69. The summed E-state index contributed by atoms with van der Waals surface area (Å²) in [5.74, 6) is 0.869. The van der Waals surface area contributed by atoms with Gasteiger partial charge in [0.1, 0.15) is 29.5 Å². The first-order valence-corrected chi connectivity index (χ1v) is 11.9. The number of para-hydroxylation sites is 2. The van der Waals surface area contributed by atoms with Gasteiger partial charge in [-0.2, -0.15) is 0 Å². The second-order valence-corrected chi connectivity index (χ2v) is 8.18. The fourth-order valence-corrected chi connectivity index (χ4v) is 3.32. The van der Waals surface area contributed by atoms with Crippen molar-refractivity contribution in [3.63, 3.8) is 0 Å². The van der Waals surface area contributed by atoms with Gasteiger partial charge in [0.2, 0.25) is 0 Å². The van der Waals surface area contributed by atoms with Gasteiger partial charge in [-0.3, -0.25) is 14.4 Å². The molecule has 8 heteroatoms. The number of amides is 2. The molecule has 0 saturated heterocycles. The van der Waals surface area contributed by atoms with E-state index in [4.69, 9.17) is 14.2 Å². The predicted molar refractivity (Wildman–Crippen MR) is 142 cm³/mol. The SMILES string of the molecule is C[C@H](OC(=O)CNC(=O)c1ccc(Oc2ccccc2)cc1)C(=O)Nc1ccc(Oc2ccccc2)cc1. The van der Waals surface area contributed by atoms with E-state index in [1.165, 1.54) is 6.92 Å². The highest BCUT2D eigenvalue weighted by Crippen LogP contribution is 2.23. The van der Waals surface area contributed by atoms with Crippen molar-refractivity contribution in [3.05, 3.63) is 115 Å². The quantitative estimate of drug-likeness (QED) is 0.270. The molecule has 0 unspecified atom stereocenters. The molecule has 192 valence electrons. The minimum Gasteiger partial charge on any atom is -0.457 e. The molecule has 0 aliphatic heterocycles. The molecule has 2 N–H and O–H groups in total. The van der Waals surface area contributed by atoms with Gasteiger partial charge >= 0.3 is 5.97 Å². The third-order valence-electron chi connectivity index (χ3n) is 5.27. The van der Waals surface area contributed by atoms with Gasteiger partial charge in [-0.05, 0) is 79.7 Å². The Balaban J connectivity index is 1.19. The van der Waals surface area contributed by atoms with Gasteiger partial charge in [-0.15, -0.1) is 0 Å². The smallest absolute Gasteiger partial charge is 0.326 e. The van der Waals surface area contributed by atoms with Crippen molar-refractivity contribution >= 4 is 23.5 Å². The van der Waals surface area contributed by atoms with Crippen LogP contribution in [0.25, 0.3) is 0 Å². The summed E-state index contributed by atoms with van der Waals surface area (Å²) in [4.78, 5) is 37.0. The number of esters is 1. The molecule has 4 rings (SSSR count). The molecule has 0 heterocycles. The van der Waals surface area contributed by atoms with Crippen LogP contribution in [0.15, 0.2) is 109 Å². The molecule has 1 atom stereocenters. The number of carbonyl (C=O) groups excluding carboxylic acids is 3. The molecule has 0 spiro atoms. The van der Waals surface area contributed by atoms with Crippen LogP contribution < -0.4 is 20.1 Å². The van der Waals surface area contributed by atoms with E-state index >= 15 is 0 Å². The lowest BCUT2D eigenvalue weighted by atomic mass is 10.2. The Labute approximate surface area is 220 Å². The first-order valence-electron chi connectivity index (χ1n) is 11.9. The Kier molecular flexibility index (Phi) is 8.70. The number of anilines is 1. The zero-order chi connectivity index (χ0) is 26.7. The first kappa shape index (κ1) is 26.0. The van der Waals surface area contributed by atoms with Crippen LogP contribution in [-0.2, 0) is 14.3 Å². The van der Waals surface area contributed by atoms with Crippen LogP contribution in [0.5, 0.6) is 23.0 Å². The van der Waals surface area contributed by atoms with Crippen molar-refractivity contribution in [3.8, 4) is 23.0 Å². The van der Waals surface area contributed by atoms with Gasteiger partial charge in [0.25, 0.3) is 11.8 Å². The Morgan fingerprint density at radius 3 is 1.66 bits per heavy atom. The van der Waals surface area contributed by atoms with Crippen LogP contribution in [0.1, 0.15) is 17.3 Å². The summed E-state index contributed by atoms with van der Waals surface area (Å²) in [6.07, 6.45) is -1.06. The molecule has 8 nitrogen and oxygen atoms in total. The van der Waals surface area contributed by atoms with Gasteiger partial charge in [-0.1, -0.05) is 36.4 Å². The first-order chi connectivity index (χ1) is 18.5. The largest absolute Gasteiger partial charge is 0.457 e.